The fraction of sp³-hybridized carbons (Fsp3) is 0.780. The molecule has 0 aliphatic rings. The van der Waals surface area contributed by atoms with Gasteiger partial charge in [0.05, 0.1) is 0 Å². The molecular weight excluding hydrogens is 1890 g/mol. The number of rotatable bonds is 33. The number of carbonyl (C=O) groups excluding carboxylic acids is 1. The maximum atomic E-state index is 12.3. The van der Waals surface area contributed by atoms with Crippen molar-refractivity contribution in [3.63, 3.8) is 0 Å². The van der Waals surface area contributed by atoms with Crippen LogP contribution in [0.15, 0.2) is 121 Å². The Bertz CT molecular complexity index is 3880. The third kappa shape index (κ3) is 113. The minimum atomic E-state index is -0.0358. The summed E-state index contributed by atoms with van der Waals surface area (Å²) < 4.78 is 3.03. The molecule has 142 heavy (non-hydrogen) atoms. The molecule has 4 rings (SSSR count). The topological polar surface area (TPSA) is 17.1 Å². The lowest BCUT2D eigenvalue weighted by Crippen LogP contribution is -2.22. The summed E-state index contributed by atoms with van der Waals surface area (Å²) in [6.45, 7) is 137. The minimum absolute atomic E-state index is 0.0358. The van der Waals surface area contributed by atoms with Crippen LogP contribution in [0.4, 0.5) is 0 Å². The van der Waals surface area contributed by atoms with Gasteiger partial charge in [-0.15, -0.1) is 11.8 Å². The molecule has 0 aliphatic carbocycles. The van der Waals surface area contributed by atoms with E-state index in [1.165, 1.54) is 169 Å². The van der Waals surface area contributed by atoms with Gasteiger partial charge >= 0.3 is 0 Å². The van der Waals surface area contributed by atoms with Crippen molar-refractivity contribution in [3.05, 3.63) is 165 Å². The molecule has 0 aliphatic heterocycles. The second kappa shape index (κ2) is 67.1. The third-order valence-corrected chi connectivity index (χ3v) is 32.2. The Hall–Kier alpha value is -0.820. The lowest BCUT2D eigenvalue weighted by atomic mass is 9.75. The maximum Gasteiger partial charge on any atom is 0.220 e. The van der Waals surface area contributed by atoms with E-state index in [-0.39, 0.29) is 20.0 Å². The van der Waals surface area contributed by atoms with Crippen LogP contribution < -0.4 is 0 Å². The van der Waals surface area contributed by atoms with Crippen molar-refractivity contribution >= 4 is 111 Å². The molecule has 4 aromatic rings. The van der Waals surface area contributed by atoms with Crippen molar-refractivity contribution in [2.75, 3.05) is 34.5 Å². The molecule has 0 saturated heterocycles. The van der Waals surface area contributed by atoms with Crippen LogP contribution in [0.2, 0.25) is 0 Å². The Morgan fingerprint density at radius 3 is 0.930 bits per heavy atom. The Morgan fingerprint density at radius 2 is 0.570 bits per heavy atom. The van der Waals surface area contributed by atoms with Crippen LogP contribution in [0.3, 0.4) is 0 Å². The van der Waals surface area contributed by atoms with Gasteiger partial charge in [0.2, 0.25) is 5.12 Å². The summed E-state index contributed by atoms with van der Waals surface area (Å²) in [4.78, 5) is 13.6. The molecular formula is C132H244OS9. The second-order valence-electron chi connectivity index (χ2n) is 61.7. The first kappa shape index (κ1) is 150. The third-order valence-electron chi connectivity index (χ3n) is 20.5. The quantitative estimate of drug-likeness (QED) is 0.0337. The predicted octanol–water partition coefficient (Wildman–Crippen LogP) is 46.6. The number of unbranched alkanes of at least 4 members (excludes halogenated alkanes) is 3. The summed E-state index contributed by atoms with van der Waals surface area (Å²) in [6.07, 6.45) is 27.3. The summed E-state index contributed by atoms with van der Waals surface area (Å²) in [5.41, 5.74) is 15.6. The van der Waals surface area contributed by atoms with E-state index in [0.29, 0.717) is 87.4 Å². The van der Waals surface area contributed by atoms with Gasteiger partial charge in [0.1, 0.15) is 0 Å². The van der Waals surface area contributed by atoms with Gasteiger partial charge in [-0.1, -0.05) is 548 Å². The van der Waals surface area contributed by atoms with E-state index >= 15 is 0 Å². The van der Waals surface area contributed by atoms with Gasteiger partial charge in [-0.25, -0.2) is 0 Å². The zero-order chi connectivity index (χ0) is 113. The zero-order valence-corrected chi connectivity index (χ0v) is 113. The van der Waals surface area contributed by atoms with Gasteiger partial charge in [-0.2, -0.15) is 82.3 Å². The molecule has 0 heterocycles. The van der Waals surface area contributed by atoms with Gasteiger partial charge in [0, 0.05) is 66.2 Å². The van der Waals surface area contributed by atoms with Crippen molar-refractivity contribution in [2.24, 2.45) is 59.6 Å². The van der Waals surface area contributed by atoms with Crippen molar-refractivity contribution in [1.82, 2.24) is 0 Å². The highest BCUT2D eigenvalue weighted by Gasteiger charge is 2.30. The Balaban J connectivity index is -0.000000497. The molecule has 0 radical (unpaired) electrons. The van der Waals surface area contributed by atoms with E-state index in [4.69, 9.17) is 0 Å². The number of thioether (sulfide) groups is 9. The van der Waals surface area contributed by atoms with Gasteiger partial charge in [0.15, 0.2) is 0 Å². The van der Waals surface area contributed by atoms with E-state index in [2.05, 4.69) is 558 Å². The second-order valence-corrected chi connectivity index (χ2v) is 78.6. The van der Waals surface area contributed by atoms with Crippen LogP contribution in [0.25, 0.3) is 0 Å². The SMILES string of the molecule is C=C(Cc1ccccc1CC(C)(C)C)SC(C)(C)C.CC(C)(C)C/C=C\CSC(C)(C)C.CC(C)(C)CC(C)(C)CCSC(C)(C)C.CC(C)(C)CCC(C)(C)CSC(C)(C)C.CC(C)(C)CCCCCSC(C)(C)C.CC(C)(C)CCCCSC(C)(C)C.CC(C)(C)Cc1ccccc1C(=O)SC(C)(C)C.CC(C)(C)Cc1ccccc1CCSC(C)(C)C.CC(C)(C)Cc1ccccc1CSC(C)(C)C. The molecule has 10 heteroatoms. The van der Waals surface area contributed by atoms with Crippen LogP contribution in [0, 0.1) is 59.6 Å². The fourth-order valence-corrected chi connectivity index (χ4v) is 22.9. The average molecular weight is 2140 g/mol. The molecule has 0 N–H and O–H groups in total. The van der Waals surface area contributed by atoms with Crippen molar-refractivity contribution in [2.45, 2.75) is 566 Å². The number of benzene rings is 4. The molecule has 0 aromatic heterocycles. The summed E-state index contributed by atoms with van der Waals surface area (Å²) in [5.74, 6) is 8.67. The molecule has 0 amide bonds. The standard InChI is InChI=1S/C18H28S.C17H28S.C16H24OS.C16H26S.2C14H30S.C13H28S.C12H26S.C12H24S/c1-14(19-18(5,6)7)12-15-10-8-9-11-16(15)13-17(2,3)4;1-16(2,3)13-15-10-8-7-9-14(15)11-12-18-17(4,5)6;1-15(2,3)11-12-9-7-8-10-13(12)14(17)18-16(4,5)6;1-15(2,3)11-13-9-7-8-10-14(13)12-17-16(4,5)6;1-12(2,3)11-14(7,8)9-10-15-13(4,5)6;1-12(2,3)9-10-14(7,8)11-15-13(4,5)6;1-12(2,3)10-8-7-9-11-14-13(4,5)6;2*1-11(2,3)9-7-8-10-13-12(4,5)6/h8-11H,1,12-13H2,2-7H3;7-10H,11-13H2,1-6H3;7-10H,11H2,1-6H3;7-10H,11-12H2,1-6H3;2*9-11H2,1-8H3;7-11H2,1-6H3;7-10H2,1-6H3;7-8H,9-10H2,1-6H3/b;;;;;;;;8-7-. The van der Waals surface area contributed by atoms with E-state index < -0.39 is 0 Å². The number of allylic oxidation sites excluding steroid dienone is 2. The number of carbonyl (C=O) groups is 1. The molecule has 0 spiro atoms. The van der Waals surface area contributed by atoms with E-state index in [9.17, 15) is 4.79 Å². The molecule has 0 unspecified atom stereocenters. The Labute approximate surface area is 932 Å². The van der Waals surface area contributed by atoms with Crippen molar-refractivity contribution < 1.29 is 4.79 Å². The number of aryl methyl sites for hydroxylation is 1. The lowest BCUT2D eigenvalue weighted by Gasteiger charge is -2.33. The van der Waals surface area contributed by atoms with Crippen molar-refractivity contribution in [1.29, 1.82) is 0 Å². The smallest absolute Gasteiger partial charge is 0.220 e. The normalized spacial score (nSPS) is 13.3. The molecule has 0 atom stereocenters. The first-order valence-corrected chi connectivity index (χ1v) is 63.5. The monoisotopic (exact) mass is 2130 g/mol. The van der Waals surface area contributed by atoms with Crippen LogP contribution in [-0.2, 0) is 44.3 Å². The molecule has 832 valence electrons. The van der Waals surface area contributed by atoms with Gasteiger partial charge in [-0.05, 0) is 222 Å². The van der Waals surface area contributed by atoms with Gasteiger partial charge in [0.25, 0.3) is 0 Å². The molecule has 4 aromatic carbocycles. The highest BCUT2D eigenvalue weighted by atomic mass is 32.2. The average Bonchev–Trinajstić information content (AvgIpc) is 0.845. The van der Waals surface area contributed by atoms with E-state index in [0.717, 1.165) is 48.3 Å². The summed E-state index contributed by atoms with van der Waals surface area (Å²) in [6, 6.07) is 34.6. The summed E-state index contributed by atoms with van der Waals surface area (Å²) in [5, 5.41) is 0.183. The highest BCUT2D eigenvalue weighted by Crippen LogP contribution is 2.42. The van der Waals surface area contributed by atoms with Gasteiger partial charge in [-0.3, -0.25) is 4.79 Å². The van der Waals surface area contributed by atoms with Crippen LogP contribution in [0.5, 0.6) is 0 Å². The maximum absolute atomic E-state index is 12.3. The molecule has 0 saturated carbocycles. The largest absolute Gasteiger partial charge is 0.282 e. The lowest BCUT2D eigenvalue weighted by molar-refractivity contribution is 0.108. The first-order chi connectivity index (χ1) is 62.9. The van der Waals surface area contributed by atoms with E-state index in [1.807, 2.05) is 53.5 Å². The number of hydrogen-bond donors (Lipinski definition) is 0. The van der Waals surface area contributed by atoms with E-state index in [1.54, 1.807) is 0 Å². The number of hydrogen-bond acceptors (Lipinski definition) is 10. The van der Waals surface area contributed by atoms with Crippen molar-refractivity contribution in [3.8, 4) is 0 Å². The molecule has 0 fully saturated rings. The van der Waals surface area contributed by atoms with Crippen LogP contribution in [0.1, 0.15) is 528 Å². The minimum Gasteiger partial charge on any atom is -0.282 e. The first-order valence-electron chi connectivity index (χ1n) is 55.0. The zero-order valence-electron chi connectivity index (χ0n) is 106. The summed E-state index contributed by atoms with van der Waals surface area (Å²) >= 11 is 17.7. The Kier molecular flexibility index (Phi) is 70.7. The summed E-state index contributed by atoms with van der Waals surface area (Å²) in [7, 11) is 0. The predicted molar refractivity (Wildman–Crippen MR) is 688 cm³/mol. The highest BCUT2D eigenvalue weighted by molar-refractivity contribution is 8.15. The van der Waals surface area contributed by atoms with Crippen LogP contribution >= 0.6 is 106 Å². The Morgan fingerprint density at radius 1 is 0.254 bits per heavy atom. The molecule has 0 bridgehead atoms. The van der Waals surface area contributed by atoms with Crippen LogP contribution in [-0.4, -0.2) is 82.4 Å². The molecule has 1 nitrogen and oxygen atoms in total. The fourth-order valence-electron chi connectivity index (χ4n) is 14.3. The van der Waals surface area contributed by atoms with Gasteiger partial charge < -0.3 is 0 Å².